The summed E-state index contributed by atoms with van der Waals surface area (Å²) in [6.07, 6.45) is 4.84. The molecule has 1 aliphatic carbocycles. The average Bonchev–Trinajstić information content (AvgIpc) is 2.43. The normalized spacial score (nSPS) is 24.1. The second kappa shape index (κ2) is 7.37. The Balaban J connectivity index is 1.90. The number of carbonyl (C=O) groups excluding carboxylic acids is 1. The van der Waals surface area contributed by atoms with Gasteiger partial charge < -0.3 is 5.32 Å². The number of hydrogen-bond donors (Lipinski definition) is 1. The number of amides is 1. The smallest absolute Gasteiger partial charge is 0.233 e. The van der Waals surface area contributed by atoms with Gasteiger partial charge in [0.05, 0.1) is 10.3 Å². The second-order valence-corrected chi connectivity index (χ2v) is 7.36. The summed E-state index contributed by atoms with van der Waals surface area (Å²) in [6.45, 7) is 4.17. The second-order valence-electron chi connectivity index (χ2n) is 5.57. The predicted molar refractivity (Wildman–Crippen MR) is 86.3 cm³/mol. The highest BCUT2D eigenvalue weighted by molar-refractivity contribution is 8.00. The molecule has 0 heterocycles. The minimum absolute atomic E-state index is 0.119. The molecule has 0 aromatic heterocycles. The van der Waals surface area contributed by atoms with Crippen molar-refractivity contribution >= 4 is 29.3 Å². The SMILES string of the molecule is CC(Sc1ccccc1Cl)C(=O)NC1CCCCC1C. The van der Waals surface area contributed by atoms with Crippen molar-refractivity contribution in [3.8, 4) is 0 Å². The van der Waals surface area contributed by atoms with Gasteiger partial charge in [-0.15, -0.1) is 11.8 Å². The van der Waals surface area contributed by atoms with Gasteiger partial charge in [-0.3, -0.25) is 4.79 Å². The molecule has 0 bridgehead atoms. The molecule has 20 heavy (non-hydrogen) atoms. The van der Waals surface area contributed by atoms with Crippen molar-refractivity contribution in [3.05, 3.63) is 29.3 Å². The molecule has 3 atom stereocenters. The largest absolute Gasteiger partial charge is 0.352 e. The molecule has 110 valence electrons. The molecule has 1 amide bonds. The Morgan fingerprint density at radius 2 is 2.05 bits per heavy atom. The van der Waals surface area contributed by atoms with Gasteiger partial charge in [0.15, 0.2) is 0 Å². The standard InChI is InChI=1S/C16H22ClNOS/c1-11-7-3-5-9-14(11)18-16(19)12(2)20-15-10-6-4-8-13(15)17/h4,6,8,10-12,14H,3,5,7,9H2,1-2H3,(H,18,19). The van der Waals surface area contributed by atoms with Crippen LogP contribution in [0.4, 0.5) is 0 Å². The van der Waals surface area contributed by atoms with E-state index in [0.717, 1.165) is 11.3 Å². The molecule has 1 aliphatic rings. The van der Waals surface area contributed by atoms with Gasteiger partial charge in [-0.05, 0) is 37.8 Å². The van der Waals surface area contributed by atoms with Gasteiger partial charge in [0.1, 0.15) is 0 Å². The first-order chi connectivity index (χ1) is 9.58. The van der Waals surface area contributed by atoms with Gasteiger partial charge >= 0.3 is 0 Å². The van der Waals surface area contributed by atoms with E-state index in [-0.39, 0.29) is 11.2 Å². The summed E-state index contributed by atoms with van der Waals surface area (Å²) in [5.41, 5.74) is 0. The van der Waals surface area contributed by atoms with E-state index < -0.39 is 0 Å². The van der Waals surface area contributed by atoms with Crippen molar-refractivity contribution in [2.45, 2.75) is 55.7 Å². The van der Waals surface area contributed by atoms with Crippen LogP contribution < -0.4 is 5.32 Å². The van der Waals surface area contributed by atoms with Crippen LogP contribution in [0.2, 0.25) is 5.02 Å². The van der Waals surface area contributed by atoms with E-state index in [1.807, 2.05) is 31.2 Å². The van der Waals surface area contributed by atoms with Crippen LogP contribution in [0, 0.1) is 5.92 Å². The van der Waals surface area contributed by atoms with E-state index in [1.54, 1.807) is 0 Å². The van der Waals surface area contributed by atoms with Crippen molar-refractivity contribution in [1.82, 2.24) is 5.32 Å². The van der Waals surface area contributed by atoms with E-state index in [4.69, 9.17) is 11.6 Å². The molecule has 0 spiro atoms. The van der Waals surface area contributed by atoms with Crippen LogP contribution >= 0.6 is 23.4 Å². The molecule has 1 fully saturated rings. The highest BCUT2D eigenvalue weighted by Gasteiger charge is 2.25. The fraction of sp³-hybridized carbons (Fsp3) is 0.562. The zero-order valence-electron chi connectivity index (χ0n) is 12.1. The summed E-state index contributed by atoms with van der Waals surface area (Å²) >= 11 is 7.66. The van der Waals surface area contributed by atoms with Crippen LogP contribution in [0.1, 0.15) is 39.5 Å². The van der Waals surface area contributed by atoms with Gasteiger partial charge in [-0.1, -0.05) is 43.5 Å². The number of benzene rings is 1. The topological polar surface area (TPSA) is 29.1 Å². The third kappa shape index (κ3) is 4.16. The van der Waals surface area contributed by atoms with Crippen molar-refractivity contribution in [2.24, 2.45) is 5.92 Å². The molecule has 3 unspecified atom stereocenters. The molecule has 2 rings (SSSR count). The monoisotopic (exact) mass is 311 g/mol. The Labute approximate surface area is 130 Å². The number of halogens is 1. The summed E-state index contributed by atoms with van der Waals surface area (Å²) in [4.78, 5) is 13.3. The van der Waals surface area contributed by atoms with Crippen molar-refractivity contribution in [1.29, 1.82) is 0 Å². The number of carbonyl (C=O) groups is 1. The first-order valence-electron chi connectivity index (χ1n) is 7.29. The third-order valence-electron chi connectivity index (χ3n) is 3.95. The van der Waals surface area contributed by atoms with Gasteiger partial charge in [0.2, 0.25) is 5.91 Å². The van der Waals surface area contributed by atoms with Gasteiger partial charge in [-0.25, -0.2) is 0 Å². The lowest BCUT2D eigenvalue weighted by molar-refractivity contribution is -0.121. The Hall–Kier alpha value is -0.670. The molecule has 0 aliphatic heterocycles. The maximum atomic E-state index is 12.3. The Kier molecular flexibility index (Phi) is 5.79. The number of rotatable bonds is 4. The van der Waals surface area contributed by atoms with Crippen LogP contribution in [-0.4, -0.2) is 17.2 Å². The molecular formula is C16H22ClNOS. The zero-order chi connectivity index (χ0) is 14.5. The van der Waals surface area contributed by atoms with Crippen molar-refractivity contribution < 1.29 is 4.79 Å². The predicted octanol–water partition coefficient (Wildman–Crippen LogP) is 4.52. The number of thioether (sulfide) groups is 1. The van der Waals surface area contributed by atoms with Crippen LogP contribution in [0.15, 0.2) is 29.2 Å². The summed E-state index contributed by atoms with van der Waals surface area (Å²) in [5.74, 6) is 0.707. The van der Waals surface area contributed by atoms with Crippen molar-refractivity contribution in [2.75, 3.05) is 0 Å². The first-order valence-corrected chi connectivity index (χ1v) is 8.55. The van der Waals surface area contributed by atoms with Crippen LogP contribution in [0.25, 0.3) is 0 Å². The van der Waals surface area contributed by atoms with E-state index in [1.165, 1.54) is 31.0 Å². The molecule has 0 radical (unpaired) electrons. The molecule has 1 aromatic carbocycles. The highest BCUT2D eigenvalue weighted by Crippen LogP contribution is 2.30. The Morgan fingerprint density at radius 1 is 1.35 bits per heavy atom. The number of nitrogens with one attached hydrogen (secondary N) is 1. The van der Waals surface area contributed by atoms with E-state index in [9.17, 15) is 4.79 Å². The van der Waals surface area contributed by atoms with Gasteiger partial charge in [0.25, 0.3) is 0 Å². The fourth-order valence-electron chi connectivity index (χ4n) is 2.62. The summed E-state index contributed by atoms with van der Waals surface area (Å²) < 4.78 is 0. The molecule has 0 saturated heterocycles. The lowest BCUT2D eigenvalue weighted by Crippen LogP contribution is -2.44. The zero-order valence-corrected chi connectivity index (χ0v) is 13.6. The summed E-state index contributed by atoms with van der Waals surface area (Å²) in [5, 5.41) is 3.80. The quantitative estimate of drug-likeness (QED) is 0.829. The minimum Gasteiger partial charge on any atom is -0.352 e. The average molecular weight is 312 g/mol. The summed E-state index contributed by atoms with van der Waals surface area (Å²) in [6, 6.07) is 8.01. The van der Waals surface area contributed by atoms with Gasteiger partial charge in [-0.2, -0.15) is 0 Å². The first kappa shape index (κ1) is 15.7. The maximum absolute atomic E-state index is 12.3. The maximum Gasteiger partial charge on any atom is 0.233 e. The van der Waals surface area contributed by atoms with Crippen LogP contribution in [0.3, 0.4) is 0 Å². The van der Waals surface area contributed by atoms with Crippen LogP contribution in [-0.2, 0) is 4.79 Å². The van der Waals surface area contributed by atoms with Gasteiger partial charge in [0, 0.05) is 10.9 Å². The molecular weight excluding hydrogens is 290 g/mol. The van der Waals surface area contributed by atoms with E-state index >= 15 is 0 Å². The Bertz CT molecular complexity index is 466. The lowest BCUT2D eigenvalue weighted by Gasteiger charge is -2.30. The number of hydrogen-bond acceptors (Lipinski definition) is 2. The lowest BCUT2D eigenvalue weighted by atomic mass is 9.86. The van der Waals surface area contributed by atoms with E-state index in [0.29, 0.717) is 17.0 Å². The third-order valence-corrected chi connectivity index (χ3v) is 5.57. The summed E-state index contributed by atoms with van der Waals surface area (Å²) in [7, 11) is 0. The van der Waals surface area contributed by atoms with Crippen LogP contribution in [0.5, 0.6) is 0 Å². The fourth-order valence-corrected chi connectivity index (χ4v) is 3.78. The Morgan fingerprint density at radius 3 is 2.75 bits per heavy atom. The molecule has 4 heteroatoms. The highest BCUT2D eigenvalue weighted by atomic mass is 35.5. The molecule has 2 nitrogen and oxygen atoms in total. The molecule has 1 N–H and O–H groups in total. The molecule has 1 aromatic rings. The molecule has 1 saturated carbocycles. The van der Waals surface area contributed by atoms with Crippen molar-refractivity contribution in [3.63, 3.8) is 0 Å². The minimum atomic E-state index is -0.121. The van der Waals surface area contributed by atoms with E-state index in [2.05, 4.69) is 12.2 Å².